The summed E-state index contributed by atoms with van der Waals surface area (Å²) in [7, 11) is 7.60. The number of ether oxygens (including phenoxy) is 5. The fraction of sp³-hybridized carbons (Fsp3) is 0.280. The van der Waals surface area contributed by atoms with Crippen molar-refractivity contribution in [3.8, 4) is 28.7 Å². The van der Waals surface area contributed by atoms with E-state index < -0.39 is 5.91 Å². The molecule has 1 amide bonds. The van der Waals surface area contributed by atoms with Gasteiger partial charge in [-0.3, -0.25) is 9.59 Å². The van der Waals surface area contributed by atoms with E-state index in [1.807, 2.05) is 0 Å². The van der Waals surface area contributed by atoms with Crippen LogP contribution in [0.1, 0.15) is 39.2 Å². The molecule has 0 spiro atoms. The van der Waals surface area contributed by atoms with E-state index in [4.69, 9.17) is 28.1 Å². The molecule has 0 radical (unpaired) electrons. The minimum Gasteiger partial charge on any atom is -0.496 e. The van der Waals surface area contributed by atoms with Gasteiger partial charge in [0.2, 0.25) is 0 Å². The van der Waals surface area contributed by atoms with Gasteiger partial charge < -0.3 is 33.4 Å². The number of nitrogens with one attached hydrogen (secondary N) is 1. The third-order valence-electron chi connectivity index (χ3n) is 5.20. The van der Waals surface area contributed by atoms with Crippen molar-refractivity contribution in [3.63, 3.8) is 0 Å². The minimum atomic E-state index is -0.519. The van der Waals surface area contributed by atoms with Crippen LogP contribution in [-0.2, 0) is 6.42 Å². The number of benzene rings is 2. The molecule has 3 rings (SSSR count). The normalized spacial score (nSPS) is 10.4. The maximum Gasteiger partial charge on any atom is 0.291 e. The molecule has 0 atom stereocenters. The van der Waals surface area contributed by atoms with Crippen molar-refractivity contribution < 1.29 is 37.7 Å². The second-order valence-electron chi connectivity index (χ2n) is 7.22. The van der Waals surface area contributed by atoms with E-state index in [-0.39, 0.29) is 22.8 Å². The van der Waals surface area contributed by atoms with Gasteiger partial charge in [-0.1, -0.05) is 0 Å². The fourth-order valence-electron chi connectivity index (χ4n) is 3.48. The Kier molecular flexibility index (Phi) is 7.68. The molecular weight excluding hydrogens is 442 g/mol. The monoisotopic (exact) mass is 469 g/mol. The van der Waals surface area contributed by atoms with E-state index in [0.29, 0.717) is 40.9 Å². The number of hydrogen-bond acceptors (Lipinski definition) is 8. The highest BCUT2D eigenvalue weighted by Crippen LogP contribution is 2.36. The third kappa shape index (κ3) is 5.09. The Labute approximate surface area is 197 Å². The molecule has 0 fully saturated rings. The van der Waals surface area contributed by atoms with Crippen LogP contribution in [0, 0.1) is 0 Å². The molecule has 3 aromatic rings. The first-order chi connectivity index (χ1) is 16.3. The topological polar surface area (TPSA) is 105 Å². The maximum atomic E-state index is 12.9. The molecule has 0 aliphatic heterocycles. The average molecular weight is 469 g/mol. The summed E-state index contributed by atoms with van der Waals surface area (Å²) in [6.07, 6.45) is 0.318. The molecule has 2 aromatic carbocycles. The summed E-state index contributed by atoms with van der Waals surface area (Å²) in [4.78, 5) is 25.0. The Morgan fingerprint density at radius 1 is 0.794 bits per heavy atom. The molecule has 1 aromatic heterocycles. The van der Waals surface area contributed by atoms with Crippen molar-refractivity contribution in [3.05, 3.63) is 59.0 Å². The lowest BCUT2D eigenvalue weighted by molar-refractivity contribution is 0.0995. The van der Waals surface area contributed by atoms with Gasteiger partial charge in [-0.05, 0) is 25.1 Å². The molecule has 180 valence electrons. The van der Waals surface area contributed by atoms with Gasteiger partial charge >= 0.3 is 0 Å². The Morgan fingerprint density at radius 3 is 1.91 bits per heavy atom. The van der Waals surface area contributed by atoms with E-state index in [9.17, 15) is 9.59 Å². The van der Waals surface area contributed by atoms with Crippen LogP contribution < -0.4 is 29.0 Å². The number of anilines is 1. The zero-order valence-corrected chi connectivity index (χ0v) is 19.9. The van der Waals surface area contributed by atoms with E-state index in [0.717, 1.165) is 5.56 Å². The number of rotatable bonds is 10. The Balaban J connectivity index is 1.87. The van der Waals surface area contributed by atoms with Gasteiger partial charge in [-0.2, -0.15) is 0 Å². The van der Waals surface area contributed by atoms with Crippen LogP contribution in [0.3, 0.4) is 0 Å². The second kappa shape index (κ2) is 10.7. The lowest BCUT2D eigenvalue weighted by atomic mass is 10.1. The molecule has 0 bridgehead atoms. The Morgan fingerprint density at radius 2 is 1.38 bits per heavy atom. The fourth-order valence-corrected chi connectivity index (χ4v) is 3.48. The Hall–Kier alpha value is -4.14. The molecule has 34 heavy (non-hydrogen) atoms. The predicted molar refractivity (Wildman–Crippen MR) is 125 cm³/mol. The summed E-state index contributed by atoms with van der Waals surface area (Å²) in [5.74, 6) is 2.31. The average Bonchev–Trinajstić information content (AvgIpc) is 3.32. The molecule has 0 saturated carbocycles. The molecule has 0 aliphatic carbocycles. The van der Waals surface area contributed by atoms with Gasteiger partial charge in [0, 0.05) is 35.7 Å². The summed E-state index contributed by atoms with van der Waals surface area (Å²) in [6.45, 7) is 1.40. The molecular formula is C25H27NO8. The Bertz CT molecular complexity index is 1170. The van der Waals surface area contributed by atoms with E-state index in [2.05, 4.69) is 5.32 Å². The van der Waals surface area contributed by atoms with Crippen LogP contribution in [0.15, 0.2) is 40.8 Å². The largest absolute Gasteiger partial charge is 0.496 e. The van der Waals surface area contributed by atoms with E-state index >= 15 is 0 Å². The SMILES string of the molecule is COc1cc(OC)c(Cc2ccc(C(=O)Nc3cc(OC)c(OC)cc3C(C)=O)o2)c(OC)c1. The van der Waals surface area contributed by atoms with Gasteiger partial charge in [0.1, 0.15) is 23.0 Å². The number of amides is 1. The van der Waals surface area contributed by atoms with Crippen LogP contribution in [0.4, 0.5) is 5.69 Å². The van der Waals surface area contributed by atoms with Crippen molar-refractivity contribution in [2.45, 2.75) is 13.3 Å². The quantitative estimate of drug-likeness (QED) is 0.437. The minimum absolute atomic E-state index is 0.0748. The van der Waals surface area contributed by atoms with Crippen LogP contribution in [-0.4, -0.2) is 47.2 Å². The third-order valence-corrected chi connectivity index (χ3v) is 5.20. The molecule has 1 heterocycles. The zero-order chi connectivity index (χ0) is 24.8. The summed E-state index contributed by atoms with van der Waals surface area (Å²) in [5, 5.41) is 2.72. The lowest BCUT2D eigenvalue weighted by Crippen LogP contribution is -2.14. The molecule has 0 aliphatic rings. The number of carbonyl (C=O) groups excluding carboxylic acids is 2. The van der Waals surface area contributed by atoms with Crippen LogP contribution in [0.25, 0.3) is 0 Å². The highest BCUT2D eigenvalue weighted by molar-refractivity contribution is 6.08. The van der Waals surface area contributed by atoms with Gasteiger partial charge in [-0.25, -0.2) is 0 Å². The summed E-state index contributed by atoms with van der Waals surface area (Å²) >= 11 is 0. The maximum absolute atomic E-state index is 12.9. The molecule has 0 unspecified atom stereocenters. The number of furan rings is 1. The van der Waals surface area contributed by atoms with Crippen molar-refractivity contribution in [1.82, 2.24) is 0 Å². The highest BCUT2D eigenvalue weighted by atomic mass is 16.5. The highest BCUT2D eigenvalue weighted by Gasteiger charge is 2.20. The molecule has 0 saturated heterocycles. The first-order valence-corrected chi connectivity index (χ1v) is 10.3. The number of methoxy groups -OCH3 is 5. The summed E-state index contributed by atoms with van der Waals surface area (Å²) < 4.78 is 32.5. The van der Waals surface area contributed by atoms with E-state index in [1.54, 1.807) is 45.6 Å². The number of carbonyl (C=O) groups is 2. The zero-order valence-electron chi connectivity index (χ0n) is 19.9. The van der Waals surface area contributed by atoms with Crippen molar-refractivity contribution >= 4 is 17.4 Å². The smallest absolute Gasteiger partial charge is 0.291 e. The number of hydrogen-bond donors (Lipinski definition) is 1. The van der Waals surface area contributed by atoms with Gasteiger partial charge in [0.05, 0.1) is 41.2 Å². The van der Waals surface area contributed by atoms with Gasteiger partial charge in [0.25, 0.3) is 5.91 Å². The van der Waals surface area contributed by atoms with Crippen molar-refractivity contribution in [1.29, 1.82) is 0 Å². The van der Waals surface area contributed by atoms with Crippen molar-refractivity contribution in [2.75, 3.05) is 40.9 Å². The summed E-state index contributed by atoms with van der Waals surface area (Å²) in [5.41, 5.74) is 1.31. The van der Waals surface area contributed by atoms with Gasteiger partial charge in [-0.15, -0.1) is 0 Å². The van der Waals surface area contributed by atoms with Crippen LogP contribution in [0.5, 0.6) is 28.7 Å². The standard InChI is InChI=1S/C25H27NO8/c1-14(27)17-12-23(32-5)24(33-6)13-19(17)26-25(28)20-8-7-15(34-20)9-18-21(30-3)10-16(29-2)11-22(18)31-4/h7-8,10-13H,9H2,1-6H3,(H,26,28). The van der Waals surface area contributed by atoms with Crippen molar-refractivity contribution in [2.24, 2.45) is 0 Å². The first-order valence-electron chi connectivity index (χ1n) is 10.3. The lowest BCUT2D eigenvalue weighted by Gasteiger charge is -2.14. The van der Waals surface area contributed by atoms with Crippen LogP contribution >= 0.6 is 0 Å². The van der Waals surface area contributed by atoms with Gasteiger partial charge in [0.15, 0.2) is 23.0 Å². The molecule has 9 heteroatoms. The van der Waals surface area contributed by atoms with Crippen LogP contribution in [0.2, 0.25) is 0 Å². The predicted octanol–water partition coefficient (Wildman–Crippen LogP) is 4.37. The summed E-state index contributed by atoms with van der Waals surface area (Å²) in [6, 6.07) is 9.79. The number of Topliss-reactive ketones (excluding diaryl/α,β-unsaturated/α-hetero) is 1. The first kappa shape index (κ1) is 24.5. The molecule has 1 N–H and O–H groups in total. The van der Waals surface area contributed by atoms with E-state index in [1.165, 1.54) is 33.3 Å². The number of ketones is 1. The molecule has 9 nitrogen and oxygen atoms in total. The second-order valence-corrected chi connectivity index (χ2v) is 7.22.